The fraction of sp³-hybridized carbons (Fsp3) is 0.769. The lowest BCUT2D eigenvalue weighted by atomic mass is 9.90. The predicted octanol–water partition coefficient (Wildman–Crippen LogP) is 3.62. The van der Waals surface area contributed by atoms with Crippen LogP contribution in [0.3, 0.4) is 0 Å². The quantitative estimate of drug-likeness (QED) is 0.826. The Kier molecular flexibility index (Phi) is 4.00. The van der Waals surface area contributed by atoms with Crippen molar-refractivity contribution >= 4 is 5.95 Å². The molecule has 3 heteroatoms. The normalized spacial score (nSPS) is 12.2. The molecule has 0 aromatic carbocycles. The van der Waals surface area contributed by atoms with Gasteiger partial charge in [0.15, 0.2) is 0 Å². The number of hydrogen-bond acceptors (Lipinski definition) is 2. The van der Waals surface area contributed by atoms with Gasteiger partial charge in [0, 0.05) is 18.8 Å². The van der Waals surface area contributed by atoms with Gasteiger partial charge >= 0.3 is 0 Å². The average molecular weight is 223 g/mol. The maximum absolute atomic E-state index is 4.52. The number of anilines is 1. The molecule has 1 heterocycles. The molecule has 1 aromatic heterocycles. The van der Waals surface area contributed by atoms with Gasteiger partial charge < -0.3 is 9.88 Å². The summed E-state index contributed by atoms with van der Waals surface area (Å²) in [6, 6.07) is 0.452. The van der Waals surface area contributed by atoms with E-state index in [-0.39, 0.29) is 0 Å². The number of aryl methyl sites for hydroxylation is 1. The van der Waals surface area contributed by atoms with E-state index < -0.39 is 0 Å². The molecule has 0 aliphatic heterocycles. The van der Waals surface area contributed by atoms with Crippen molar-refractivity contribution < 1.29 is 0 Å². The van der Waals surface area contributed by atoms with Crippen LogP contribution >= 0.6 is 0 Å². The van der Waals surface area contributed by atoms with E-state index in [4.69, 9.17) is 0 Å². The van der Waals surface area contributed by atoms with Gasteiger partial charge in [-0.15, -0.1) is 0 Å². The molecule has 0 saturated carbocycles. The third-order valence-electron chi connectivity index (χ3n) is 3.09. The van der Waals surface area contributed by atoms with Gasteiger partial charge in [-0.1, -0.05) is 20.8 Å². The minimum atomic E-state index is 0.321. The lowest BCUT2D eigenvalue weighted by Gasteiger charge is -2.24. The van der Waals surface area contributed by atoms with Gasteiger partial charge in [0.05, 0.1) is 5.69 Å². The van der Waals surface area contributed by atoms with Crippen molar-refractivity contribution in [3.63, 3.8) is 0 Å². The van der Waals surface area contributed by atoms with E-state index in [0.717, 1.165) is 18.2 Å². The highest BCUT2D eigenvalue weighted by atomic mass is 15.2. The van der Waals surface area contributed by atoms with Crippen LogP contribution in [-0.4, -0.2) is 16.1 Å². The fourth-order valence-electron chi connectivity index (χ4n) is 1.48. The SMILES string of the molecule is CCC(C)(C)CNc1nc(C)cn1C(C)C. The number of hydrogen-bond donors (Lipinski definition) is 1. The summed E-state index contributed by atoms with van der Waals surface area (Å²) in [6.45, 7) is 14.1. The van der Waals surface area contributed by atoms with Crippen LogP contribution < -0.4 is 5.32 Å². The van der Waals surface area contributed by atoms with Crippen molar-refractivity contribution in [3.05, 3.63) is 11.9 Å². The Bertz CT molecular complexity index is 337. The Morgan fingerprint density at radius 2 is 2.06 bits per heavy atom. The molecule has 1 N–H and O–H groups in total. The summed E-state index contributed by atoms with van der Waals surface area (Å²) in [7, 11) is 0. The largest absolute Gasteiger partial charge is 0.355 e. The number of rotatable bonds is 5. The van der Waals surface area contributed by atoms with Crippen molar-refractivity contribution in [2.75, 3.05) is 11.9 Å². The van der Waals surface area contributed by atoms with Crippen LogP contribution in [0, 0.1) is 12.3 Å². The Labute approximate surface area is 99.3 Å². The molecule has 16 heavy (non-hydrogen) atoms. The van der Waals surface area contributed by atoms with Crippen LogP contribution in [-0.2, 0) is 0 Å². The first-order chi connectivity index (χ1) is 7.35. The molecule has 0 aliphatic rings. The smallest absolute Gasteiger partial charge is 0.203 e. The zero-order valence-corrected chi connectivity index (χ0v) is 11.5. The Morgan fingerprint density at radius 1 is 1.44 bits per heavy atom. The summed E-state index contributed by atoms with van der Waals surface area (Å²) in [5.41, 5.74) is 1.40. The molecule has 1 aromatic rings. The summed E-state index contributed by atoms with van der Waals surface area (Å²) in [5.74, 6) is 0.994. The third-order valence-corrected chi connectivity index (χ3v) is 3.09. The lowest BCUT2D eigenvalue weighted by Crippen LogP contribution is -2.23. The maximum atomic E-state index is 4.52. The molecule has 92 valence electrons. The zero-order chi connectivity index (χ0) is 12.3. The molecule has 0 radical (unpaired) electrons. The Morgan fingerprint density at radius 3 is 2.56 bits per heavy atom. The van der Waals surface area contributed by atoms with Crippen molar-refractivity contribution in [1.29, 1.82) is 0 Å². The fourth-order valence-corrected chi connectivity index (χ4v) is 1.48. The van der Waals surface area contributed by atoms with E-state index >= 15 is 0 Å². The predicted molar refractivity (Wildman–Crippen MR) is 69.9 cm³/mol. The van der Waals surface area contributed by atoms with E-state index in [1.807, 2.05) is 6.92 Å². The summed E-state index contributed by atoms with van der Waals surface area (Å²) in [5, 5.41) is 3.46. The molecule has 3 nitrogen and oxygen atoms in total. The maximum Gasteiger partial charge on any atom is 0.203 e. The van der Waals surface area contributed by atoms with Gasteiger partial charge in [0.25, 0.3) is 0 Å². The van der Waals surface area contributed by atoms with E-state index in [1.54, 1.807) is 0 Å². The highest BCUT2D eigenvalue weighted by molar-refractivity contribution is 5.29. The standard InChI is InChI=1S/C13H25N3/c1-7-13(5,6)9-14-12-15-11(4)8-16(12)10(2)3/h8,10H,7,9H2,1-6H3,(H,14,15). The summed E-state index contributed by atoms with van der Waals surface area (Å²) >= 11 is 0. The van der Waals surface area contributed by atoms with Crippen molar-refractivity contribution in [1.82, 2.24) is 9.55 Å². The number of nitrogens with one attached hydrogen (secondary N) is 1. The highest BCUT2D eigenvalue weighted by Crippen LogP contribution is 2.21. The highest BCUT2D eigenvalue weighted by Gasteiger charge is 2.16. The first-order valence-electron chi connectivity index (χ1n) is 6.15. The van der Waals surface area contributed by atoms with Crippen LogP contribution in [0.1, 0.15) is 52.8 Å². The van der Waals surface area contributed by atoms with E-state index in [0.29, 0.717) is 11.5 Å². The van der Waals surface area contributed by atoms with Crippen molar-refractivity contribution in [2.24, 2.45) is 5.41 Å². The summed E-state index contributed by atoms with van der Waals surface area (Å²) < 4.78 is 2.20. The van der Waals surface area contributed by atoms with Gasteiger partial charge in [0.2, 0.25) is 5.95 Å². The molecule has 0 bridgehead atoms. The Balaban J connectivity index is 2.73. The number of aromatic nitrogens is 2. The van der Waals surface area contributed by atoms with Crippen LogP contribution in [0.2, 0.25) is 0 Å². The lowest BCUT2D eigenvalue weighted by molar-refractivity contribution is 0.375. The third kappa shape index (κ3) is 3.26. The average Bonchev–Trinajstić information content (AvgIpc) is 2.57. The molecule has 0 fully saturated rings. The van der Waals surface area contributed by atoms with Gasteiger partial charge in [-0.25, -0.2) is 4.98 Å². The number of imidazole rings is 1. The van der Waals surface area contributed by atoms with Crippen LogP contribution in [0.4, 0.5) is 5.95 Å². The van der Waals surface area contributed by atoms with E-state index in [1.165, 1.54) is 6.42 Å². The second-order valence-corrected chi connectivity index (χ2v) is 5.58. The first-order valence-corrected chi connectivity index (χ1v) is 6.15. The van der Waals surface area contributed by atoms with Crippen molar-refractivity contribution in [2.45, 2.75) is 54.0 Å². The van der Waals surface area contributed by atoms with Crippen molar-refractivity contribution in [3.8, 4) is 0 Å². The zero-order valence-electron chi connectivity index (χ0n) is 11.5. The molecule has 0 saturated heterocycles. The molecule has 0 aliphatic carbocycles. The van der Waals surface area contributed by atoms with Crippen LogP contribution in [0.5, 0.6) is 0 Å². The van der Waals surface area contributed by atoms with Gasteiger partial charge in [-0.3, -0.25) is 0 Å². The molecule has 0 atom stereocenters. The molecule has 0 spiro atoms. The molecular weight excluding hydrogens is 198 g/mol. The summed E-state index contributed by atoms with van der Waals surface area (Å²) in [4.78, 5) is 4.52. The van der Waals surface area contributed by atoms with Gasteiger partial charge in [-0.05, 0) is 32.6 Å². The topological polar surface area (TPSA) is 29.9 Å². The molecule has 0 unspecified atom stereocenters. The van der Waals surface area contributed by atoms with E-state index in [9.17, 15) is 0 Å². The Hall–Kier alpha value is -0.990. The second-order valence-electron chi connectivity index (χ2n) is 5.58. The van der Waals surface area contributed by atoms with Gasteiger partial charge in [0.1, 0.15) is 0 Å². The van der Waals surface area contributed by atoms with Gasteiger partial charge in [-0.2, -0.15) is 0 Å². The van der Waals surface area contributed by atoms with Crippen LogP contribution in [0.25, 0.3) is 0 Å². The van der Waals surface area contributed by atoms with Crippen LogP contribution in [0.15, 0.2) is 6.20 Å². The summed E-state index contributed by atoms with van der Waals surface area (Å²) in [6.07, 6.45) is 3.27. The monoisotopic (exact) mass is 223 g/mol. The molecule has 1 rings (SSSR count). The molecule has 0 amide bonds. The minimum Gasteiger partial charge on any atom is -0.355 e. The van der Waals surface area contributed by atoms with E-state index in [2.05, 4.69) is 55.7 Å². The molecular formula is C13H25N3. The number of nitrogens with zero attached hydrogens (tertiary/aromatic N) is 2. The second kappa shape index (κ2) is 4.89. The minimum absolute atomic E-state index is 0.321. The first kappa shape index (κ1) is 13.1.